The summed E-state index contributed by atoms with van der Waals surface area (Å²) < 4.78 is 45.2. The predicted molar refractivity (Wildman–Crippen MR) is 181 cm³/mol. The van der Waals surface area contributed by atoms with E-state index in [-0.39, 0.29) is 26.1 Å². The molecule has 0 spiro atoms. The van der Waals surface area contributed by atoms with Crippen LogP contribution in [0.3, 0.4) is 0 Å². The Bertz CT molecular complexity index is 1320. The smallest absolute Gasteiger partial charge is 0.444 e. The molecule has 0 unspecified atom stereocenters. The van der Waals surface area contributed by atoms with Crippen LogP contribution in [0, 0.1) is 0 Å². The summed E-state index contributed by atoms with van der Waals surface area (Å²) in [5.41, 5.74) is 10.2. The first-order valence-electron chi connectivity index (χ1n) is 14.0. The van der Waals surface area contributed by atoms with Gasteiger partial charge in [0.05, 0.1) is 5.70 Å². The molecule has 0 saturated heterocycles. The molecule has 238 valence electrons. The number of rotatable bonds is 4. The topological polar surface area (TPSA) is 52.3 Å². The zero-order valence-corrected chi connectivity index (χ0v) is 29.6. The summed E-state index contributed by atoms with van der Waals surface area (Å²) in [4.78, 5) is 15.9. The highest BCUT2D eigenvalue weighted by atomic mass is 32.2. The molecule has 1 aliphatic heterocycles. The van der Waals surface area contributed by atoms with Gasteiger partial charge >= 0.3 is 7.25 Å². The number of halogens is 4. The molecule has 2 N–H and O–H groups in total. The largest absolute Gasteiger partial charge is 0.673 e. The van der Waals surface area contributed by atoms with Gasteiger partial charge in [0.1, 0.15) is 0 Å². The van der Waals surface area contributed by atoms with Crippen molar-refractivity contribution in [2.45, 2.75) is 103 Å². The quantitative estimate of drug-likeness (QED) is 0.151. The standard InChI is InChI=1S/C32H43NO2S3.BF4/c1-29(2,3)23-15-19(16-24(36-23)30(4,5)6)13-21-27(33)22(28(21)34)14-20-17-25(37-31(7,8)9)35-26(18-20)38-32(10,11)12;2-1(3,4)5/h13-18H,1-12H3,(H-,33,34);/q;-1/p+1/b21-13-;. The average Bonchev–Trinajstić information content (AvgIpc) is 2.76. The highest BCUT2D eigenvalue weighted by Crippen LogP contribution is 2.43. The molecule has 43 heavy (non-hydrogen) atoms. The molecule has 1 aliphatic carbocycles. The second-order valence-corrected chi connectivity index (χ2v) is 19.2. The van der Waals surface area contributed by atoms with Gasteiger partial charge in [-0.25, -0.2) is 0 Å². The normalized spacial score (nSPS) is 17.5. The van der Waals surface area contributed by atoms with Gasteiger partial charge in [0.15, 0.2) is 16.0 Å². The van der Waals surface area contributed by atoms with Crippen LogP contribution in [0.15, 0.2) is 63.0 Å². The lowest BCUT2D eigenvalue weighted by Crippen LogP contribution is -2.26. The van der Waals surface area contributed by atoms with Crippen LogP contribution >= 0.6 is 34.9 Å². The van der Waals surface area contributed by atoms with Crippen molar-refractivity contribution in [2.75, 3.05) is 0 Å². The molecule has 0 fully saturated rings. The molecule has 0 saturated carbocycles. The van der Waals surface area contributed by atoms with Crippen LogP contribution in [0.1, 0.15) is 98.4 Å². The zero-order valence-electron chi connectivity index (χ0n) is 27.2. The van der Waals surface area contributed by atoms with Crippen LogP contribution in [-0.4, -0.2) is 22.5 Å². The number of ketones is 1. The molecule has 0 aromatic carbocycles. The molecule has 0 amide bonds. The second-order valence-electron chi connectivity index (χ2n) is 14.4. The summed E-state index contributed by atoms with van der Waals surface area (Å²) in [5, 5.41) is 1.66. The van der Waals surface area contributed by atoms with E-state index in [1.165, 1.54) is 9.75 Å². The summed E-state index contributed by atoms with van der Waals surface area (Å²) in [6, 6.07) is 4.39. The highest BCUT2D eigenvalue weighted by molar-refractivity contribution is 8.05. The number of ether oxygens (including phenoxy) is 1. The lowest BCUT2D eigenvalue weighted by atomic mass is 9.83. The first-order chi connectivity index (χ1) is 19.1. The Balaban J connectivity index is 0.00000119. The van der Waals surface area contributed by atoms with E-state index in [0.29, 0.717) is 16.8 Å². The molecule has 0 bridgehead atoms. The van der Waals surface area contributed by atoms with Gasteiger partial charge in [0.2, 0.25) is 21.1 Å². The molecular weight excluding hydrogens is 613 g/mol. The average molecular weight is 658 g/mol. The first-order valence-corrected chi connectivity index (χ1v) is 16.4. The van der Waals surface area contributed by atoms with Gasteiger partial charge in [-0.3, -0.25) is 4.79 Å². The van der Waals surface area contributed by atoms with Crippen LogP contribution in [0.5, 0.6) is 0 Å². The number of hydrogen-bond donors (Lipinski definition) is 1. The van der Waals surface area contributed by atoms with Crippen LogP contribution in [0.25, 0.3) is 6.08 Å². The van der Waals surface area contributed by atoms with Gasteiger partial charge in [-0.05, 0) is 35.4 Å². The van der Waals surface area contributed by atoms with E-state index in [9.17, 15) is 22.1 Å². The highest BCUT2D eigenvalue weighted by Gasteiger charge is 2.34. The second kappa shape index (κ2) is 13.2. The van der Waals surface area contributed by atoms with Gasteiger partial charge < -0.3 is 27.7 Å². The van der Waals surface area contributed by atoms with Crippen molar-refractivity contribution in [3.8, 4) is 0 Å². The van der Waals surface area contributed by atoms with Gasteiger partial charge in [-0.1, -0.05) is 107 Å². The minimum absolute atomic E-state index is 0.000637. The molecule has 2 aliphatic rings. The fourth-order valence-electron chi connectivity index (χ4n) is 3.70. The minimum Gasteiger partial charge on any atom is -0.444 e. The van der Waals surface area contributed by atoms with E-state index in [1.807, 2.05) is 35.6 Å². The fourth-order valence-corrected chi connectivity index (χ4v) is 6.85. The summed E-state index contributed by atoms with van der Waals surface area (Å²) >= 11 is 5.19. The Morgan fingerprint density at radius 2 is 1.16 bits per heavy atom. The van der Waals surface area contributed by atoms with Crippen molar-refractivity contribution in [1.29, 1.82) is 0 Å². The third-order valence-electron chi connectivity index (χ3n) is 5.57. The van der Waals surface area contributed by atoms with Gasteiger partial charge in [-0.2, -0.15) is 0 Å². The summed E-state index contributed by atoms with van der Waals surface area (Å²) in [7, 11) is -6.00. The Morgan fingerprint density at radius 1 is 0.767 bits per heavy atom. The number of carbonyl (C=O) groups is 1. The van der Waals surface area contributed by atoms with Crippen LogP contribution < -0.4 is 5.73 Å². The van der Waals surface area contributed by atoms with Gasteiger partial charge in [0.25, 0.3) is 0 Å². The third-order valence-corrected chi connectivity index (χ3v) is 9.50. The third kappa shape index (κ3) is 12.5. The maximum Gasteiger partial charge on any atom is 0.673 e. The summed E-state index contributed by atoms with van der Waals surface area (Å²) in [6.45, 7) is 26.3. The summed E-state index contributed by atoms with van der Waals surface area (Å²) in [5.74, 6) is -0.0134. The van der Waals surface area contributed by atoms with E-state index in [1.54, 1.807) is 23.5 Å². The lowest BCUT2D eigenvalue weighted by Gasteiger charge is -2.27. The zero-order chi connectivity index (χ0) is 33.3. The SMILES string of the molecule is CC(C)(C)SC1=CC(=CC2=C(N)/C(=C/c3cc(C(C)(C)C)[s+]c(C(C)(C)C)c3)C2=O)C=C(SC(C)(C)C)O1.F[B-](F)(F)F. The van der Waals surface area contributed by atoms with E-state index in [2.05, 4.69) is 95.2 Å². The lowest BCUT2D eigenvalue weighted by molar-refractivity contribution is -0.112. The Hall–Kier alpha value is -1.98. The fraction of sp³-hybridized carbons (Fsp3) is 0.500. The molecule has 11 heteroatoms. The van der Waals surface area contributed by atoms with Crippen LogP contribution in [-0.2, 0) is 20.4 Å². The minimum atomic E-state index is -6.00. The van der Waals surface area contributed by atoms with E-state index >= 15 is 0 Å². The predicted octanol–water partition coefficient (Wildman–Crippen LogP) is 10.8. The van der Waals surface area contributed by atoms with Gasteiger partial charge in [-0.15, -0.1) is 0 Å². The first kappa shape index (κ1) is 37.2. The number of carbonyl (C=O) groups excluding carboxylic acids is 1. The molecular formula is C32H44BF4NO2S3. The van der Waals surface area contributed by atoms with Gasteiger partial charge in [0, 0.05) is 43.6 Å². The van der Waals surface area contributed by atoms with E-state index in [4.69, 9.17) is 10.5 Å². The Labute approximate surface area is 267 Å². The number of Topliss-reactive ketones (excluding diaryl/α,β-unsaturated/α-hetero) is 1. The van der Waals surface area contributed by atoms with Crippen molar-refractivity contribution in [1.82, 2.24) is 0 Å². The van der Waals surface area contributed by atoms with Crippen molar-refractivity contribution in [3.63, 3.8) is 0 Å². The Kier molecular flexibility index (Phi) is 11.4. The Morgan fingerprint density at radius 3 is 1.49 bits per heavy atom. The number of hydrogen-bond acceptors (Lipinski definition) is 5. The molecule has 0 atom stereocenters. The van der Waals surface area contributed by atoms with Crippen LogP contribution in [0.4, 0.5) is 17.3 Å². The number of thioether (sulfide) groups is 2. The molecule has 1 aromatic heterocycles. The molecule has 1 aromatic rings. The molecule has 3 rings (SSSR count). The molecule has 0 radical (unpaired) electrons. The number of allylic oxidation sites excluding steroid dienone is 6. The van der Waals surface area contributed by atoms with E-state index < -0.39 is 7.25 Å². The monoisotopic (exact) mass is 657 g/mol. The van der Waals surface area contributed by atoms with Crippen molar-refractivity contribution < 1.29 is 26.8 Å². The summed E-state index contributed by atoms with van der Waals surface area (Å²) in [6.07, 6.45) is 7.86. The van der Waals surface area contributed by atoms with E-state index in [0.717, 1.165) is 21.3 Å². The van der Waals surface area contributed by atoms with Crippen LogP contribution in [0.2, 0.25) is 0 Å². The number of nitrogens with two attached hydrogens (primary N) is 1. The molecule has 2 heterocycles. The molecule has 3 nitrogen and oxygen atoms in total. The van der Waals surface area contributed by atoms with Crippen molar-refractivity contribution in [3.05, 3.63) is 78.3 Å². The maximum absolute atomic E-state index is 13.3. The van der Waals surface area contributed by atoms with Crippen molar-refractivity contribution in [2.24, 2.45) is 5.73 Å². The maximum atomic E-state index is 13.3. The van der Waals surface area contributed by atoms with Crippen molar-refractivity contribution >= 4 is 54.0 Å².